The first-order chi connectivity index (χ1) is 8.45. The number of halogens is 1. The molecule has 2 fully saturated rings. The lowest BCUT2D eigenvalue weighted by Gasteiger charge is -2.47. The summed E-state index contributed by atoms with van der Waals surface area (Å²) in [6.07, 6.45) is 5.55. The summed E-state index contributed by atoms with van der Waals surface area (Å²) < 4.78 is 8.04. The van der Waals surface area contributed by atoms with Crippen molar-refractivity contribution in [1.82, 2.24) is 8.01 Å². The van der Waals surface area contributed by atoms with Crippen molar-refractivity contribution in [3.05, 3.63) is 0 Å². The molecule has 0 aliphatic carbocycles. The zero-order chi connectivity index (χ0) is 13.2. The SMILES string of the molecule is COC(C)(C)CN1CCC2(CCCN(I)C2)CC1. The van der Waals surface area contributed by atoms with Crippen LogP contribution in [0.5, 0.6) is 0 Å². The van der Waals surface area contributed by atoms with Gasteiger partial charge in [0.15, 0.2) is 0 Å². The molecule has 0 bridgehead atoms. The maximum absolute atomic E-state index is 5.54. The van der Waals surface area contributed by atoms with E-state index in [1.807, 2.05) is 7.11 Å². The molecule has 2 rings (SSSR count). The molecule has 3 nitrogen and oxygen atoms in total. The van der Waals surface area contributed by atoms with Crippen molar-refractivity contribution < 1.29 is 4.74 Å². The third-order valence-electron chi connectivity index (χ3n) is 4.69. The Hall–Kier alpha value is 0.610. The second-order valence-corrected chi connectivity index (χ2v) is 8.05. The zero-order valence-corrected chi connectivity index (χ0v) is 14.2. The number of hydrogen-bond donors (Lipinski definition) is 0. The van der Waals surface area contributed by atoms with E-state index in [9.17, 15) is 0 Å². The molecule has 2 saturated heterocycles. The van der Waals surface area contributed by atoms with E-state index < -0.39 is 0 Å². The predicted octanol–water partition coefficient (Wildman–Crippen LogP) is 2.94. The molecule has 2 aliphatic rings. The Bertz CT molecular complexity index is 275. The monoisotopic (exact) mass is 366 g/mol. The molecule has 0 aromatic carbocycles. The molecule has 18 heavy (non-hydrogen) atoms. The summed E-state index contributed by atoms with van der Waals surface area (Å²) in [5, 5.41) is 0. The Labute approximate surface area is 126 Å². The molecule has 2 heterocycles. The van der Waals surface area contributed by atoms with Gasteiger partial charge in [0.25, 0.3) is 0 Å². The molecule has 0 N–H and O–H groups in total. The van der Waals surface area contributed by atoms with Crippen LogP contribution in [0.25, 0.3) is 0 Å². The molecule has 0 saturated carbocycles. The Balaban J connectivity index is 1.84. The zero-order valence-electron chi connectivity index (χ0n) is 12.0. The molecule has 0 aromatic rings. The van der Waals surface area contributed by atoms with Crippen molar-refractivity contribution >= 4 is 22.9 Å². The topological polar surface area (TPSA) is 15.7 Å². The number of likely N-dealkylation sites (tertiary alicyclic amines) is 1. The van der Waals surface area contributed by atoms with Crippen LogP contribution in [0.2, 0.25) is 0 Å². The standard InChI is InChI=1S/C14H27IN2O/c1-13(2,18-3)11-16-9-6-14(7-10-16)5-4-8-17(15)12-14/h4-12H2,1-3H3. The van der Waals surface area contributed by atoms with Gasteiger partial charge in [-0.05, 0) is 58.0 Å². The maximum atomic E-state index is 5.54. The van der Waals surface area contributed by atoms with Crippen molar-refractivity contribution in [2.24, 2.45) is 5.41 Å². The molecule has 2 aliphatic heterocycles. The second kappa shape index (κ2) is 5.94. The maximum Gasteiger partial charge on any atom is 0.0749 e. The molecule has 0 amide bonds. The van der Waals surface area contributed by atoms with Gasteiger partial charge in [-0.3, -0.25) is 0 Å². The van der Waals surface area contributed by atoms with Crippen molar-refractivity contribution in [3.8, 4) is 0 Å². The minimum Gasteiger partial charge on any atom is -0.377 e. The highest BCUT2D eigenvalue weighted by molar-refractivity contribution is 14.1. The highest BCUT2D eigenvalue weighted by Gasteiger charge is 2.38. The van der Waals surface area contributed by atoms with E-state index in [0.717, 1.165) is 6.54 Å². The van der Waals surface area contributed by atoms with Gasteiger partial charge >= 0.3 is 0 Å². The summed E-state index contributed by atoms with van der Waals surface area (Å²) in [7, 11) is 1.82. The van der Waals surface area contributed by atoms with Crippen LogP contribution >= 0.6 is 22.9 Å². The summed E-state index contributed by atoms with van der Waals surface area (Å²) in [5.74, 6) is 0. The highest BCUT2D eigenvalue weighted by Crippen LogP contribution is 2.40. The number of piperidine rings is 2. The normalized spacial score (nSPS) is 26.7. The lowest BCUT2D eigenvalue weighted by molar-refractivity contribution is -0.0276. The molecule has 4 heteroatoms. The van der Waals surface area contributed by atoms with Gasteiger partial charge in [0, 0.05) is 49.6 Å². The van der Waals surface area contributed by atoms with E-state index in [1.165, 1.54) is 51.9 Å². The fourth-order valence-corrected chi connectivity index (χ4v) is 4.41. The van der Waals surface area contributed by atoms with Crippen molar-refractivity contribution in [3.63, 3.8) is 0 Å². The fourth-order valence-electron chi connectivity index (χ4n) is 3.34. The number of ether oxygens (including phenoxy) is 1. The number of methoxy groups -OCH3 is 1. The van der Waals surface area contributed by atoms with E-state index in [2.05, 4.69) is 44.7 Å². The Morgan fingerprint density at radius 1 is 1.17 bits per heavy atom. The molecule has 1 spiro atoms. The van der Waals surface area contributed by atoms with Crippen LogP contribution in [0.3, 0.4) is 0 Å². The number of hydrogen-bond acceptors (Lipinski definition) is 3. The van der Waals surface area contributed by atoms with Gasteiger partial charge in [0.1, 0.15) is 0 Å². The van der Waals surface area contributed by atoms with Crippen molar-refractivity contribution in [2.75, 3.05) is 39.8 Å². The third-order valence-corrected chi connectivity index (χ3v) is 5.51. The minimum atomic E-state index is -0.00757. The molecule has 0 unspecified atom stereocenters. The summed E-state index contributed by atoms with van der Waals surface area (Å²) in [6, 6.07) is 0. The van der Waals surface area contributed by atoms with Crippen LogP contribution in [0.4, 0.5) is 0 Å². The third kappa shape index (κ3) is 3.81. The van der Waals surface area contributed by atoms with Crippen LogP contribution < -0.4 is 0 Å². The average molecular weight is 366 g/mol. The summed E-state index contributed by atoms with van der Waals surface area (Å²) in [5.41, 5.74) is 0.611. The van der Waals surface area contributed by atoms with Gasteiger partial charge in [-0.1, -0.05) is 0 Å². The van der Waals surface area contributed by atoms with Crippen LogP contribution in [0.15, 0.2) is 0 Å². The van der Waals surface area contributed by atoms with Crippen LogP contribution in [0, 0.1) is 5.41 Å². The smallest absolute Gasteiger partial charge is 0.0749 e. The van der Waals surface area contributed by atoms with E-state index in [-0.39, 0.29) is 5.60 Å². The van der Waals surface area contributed by atoms with Crippen LogP contribution in [0.1, 0.15) is 39.5 Å². The molecule has 0 radical (unpaired) electrons. The quantitative estimate of drug-likeness (QED) is 0.564. The largest absolute Gasteiger partial charge is 0.377 e. The van der Waals surface area contributed by atoms with Crippen LogP contribution in [-0.2, 0) is 4.74 Å². The van der Waals surface area contributed by atoms with Gasteiger partial charge in [-0.2, -0.15) is 0 Å². The van der Waals surface area contributed by atoms with E-state index >= 15 is 0 Å². The van der Waals surface area contributed by atoms with E-state index in [1.54, 1.807) is 0 Å². The first-order valence-corrected chi connectivity index (χ1v) is 8.10. The van der Waals surface area contributed by atoms with Crippen LogP contribution in [-0.4, -0.2) is 53.4 Å². The van der Waals surface area contributed by atoms with E-state index in [4.69, 9.17) is 4.74 Å². The van der Waals surface area contributed by atoms with Gasteiger partial charge in [-0.25, -0.2) is 3.11 Å². The molecular formula is C14H27IN2O. The number of nitrogens with zero attached hydrogens (tertiary/aromatic N) is 2. The van der Waals surface area contributed by atoms with Gasteiger partial charge in [-0.15, -0.1) is 0 Å². The number of rotatable bonds is 3. The van der Waals surface area contributed by atoms with Gasteiger partial charge in [0.2, 0.25) is 0 Å². The molecular weight excluding hydrogens is 339 g/mol. The minimum absolute atomic E-state index is 0.00757. The predicted molar refractivity (Wildman–Crippen MR) is 84.0 cm³/mol. The van der Waals surface area contributed by atoms with Crippen molar-refractivity contribution in [1.29, 1.82) is 0 Å². The lowest BCUT2D eigenvalue weighted by atomic mass is 9.73. The Morgan fingerprint density at radius 3 is 2.39 bits per heavy atom. The average Bonchev–Trinajstić information content (AvgIpc) is 2.32. The second-order valence-electron chi connectivity index (χ2n) is 6.69. The first-order valence-electron chi connectivity index (χ1n) is 7.13. The molecule has 0 atom stereocenters. The van der Waals surface area contributed by atoms with Gasteiger partial charge < -0.3 is 9.64 Å². The van der Waals surface area contributed by atoms with Crippen molar-refractivity contribution in [2.45, 2.75) is 45.1 Å². The molecule has 0 aromatic heterocycles. The summed E-state index contributed by atoms with van der Waals surface area (Å²) >= 11 is 2.50. The Morgan fingerprint density at radius 2 is 1.83 bits per heavy atom. The highest BCUT2D eigenvalue weighted by atomic mass is 127. The van der Waals surface area contributed by atoms with E-state index in [0.29, 0.717) is 5.41 Å². The summed E-state index contributed by atoms with van der Waals surface area (Å²) in [6.45, 7) is 10.5. The first kappa shape index (κ1) is 15.0. The fraction of sp³-hybridized carbons (Fsp3) is 1.00. The lowest BCUT2D eigenvalue weighted by Crippen LogP contribution is -2.50. The van der Waals surface area contributed by atoms with Gasteiger partial charge in [0.05, 0.1) is 5.60 Å². The summed E-state index contributed by atoms with van der Waals surface area (Å²) in [4.78, 5) is 2.58. The Kier molecular flexibility index (Phi) is 4.95. The molecule has 106 valence electrons.